The molecule has 1 unspecified atom stereocenters. The molecule has 1 saturated heterocycles. The van der Waals surface area contributed by atoms with E-state index in [1.807, 2.05) is 12.1 Å². The molecule has 0 bridgehead atoms. The van der Waals surface area contributed by atoms with Gasteiger partial charge in [-0.25, -0.2) is 5.06 Å². The van der Waals surface area contributed by atoms with Gasteiger partial charge in [0.2, 0.25) is 18.2 Å². The predicted molar refractivity (Wildman–Crippen MR) is 122 cm³/mol. The monoisotopic (exact) mass is 460 g/mol. The number of carbonyl (C=O) groups is 3. The fraction of sp³-hybridized carbons (Fsp3) is 0.625. The molecule has 33 heavy (non-hydrogen) atoms. The molecule has 1 heterocycles. The summed E-state index contributed by atoms with van der Waals surface area (Å²) in [5.74, 6) is -0.256. The first kappa shape index (κ1) is 25.0. The highest BCUT2D eigenvalue weighted by Crippen LogP contribution is 2.30. The molecule has 0 spiro atoms. The van der Waals surface area contributed by atoms with Crippen molar-refractivity contribution in [1.82, 2.24) is 20.6 Å². The van der Waals surface area contributed by atoms with Gasteiger partial charge in [0.05, 0.1) is 19.0 Å². The third-order valence-electron chi connectivity index (χ3n) is 6.79. The van der Waals surface area contributed by atoms with Gasteiger partial charge >= 0.3 is 0 Å². The van der Waals surface area contributed by atoms with Gasteiger partial charge in [0.25, 0.3) is 0 Å². The Morgan fingerprint density at radius 3 is 2.42 bits per heavy atom. The summed E-state index contributed by atoms with van der Waals surface area (Å²) < 4.78 is 0. The molecule has 1 aromatic rings. The number of likely N-dealkylation sites (tertiary alicyclic amines) is 1. The minimum absolute atomic E-state index is 0.0574. The third kappa shape index (κ3) is 8.01. The topological polar surface area (TPSA) is 122 Å². The summed E-state index contributed by atoms with van der Waals surface area (Å²) in [6.07, 6.45) is 7.00. The quantitative estimate of drug-likeness (QED) is 0.226. The molecule has 0 aromatic heterocycles. The fourth-order valence-corrected chi connectivity index (χ4v) is 4.81. The first-order valence-corrected chi connectivity index (χ1v) is 11.9. The highest BCUT2D eigenvalue weighted by Gasteiger charge is 2.28. The van der Waals surface area contributed by atoms with Crippen molar-refractivity contribution in [2.45, 2.75) is 57.5 Å². The smallest absolute Gasteiger partial charge is 0.241 e. The van der Waals surface area contributed by atoms with E-state index < -0.39 is 5.92 Å². The van der Waals surface area contributed by atoms with Crippen LogP contribution in [-0.2, 0) is 20.9 Å². The molecule has 1 aromatic carbocycles. The molecule has 1 aliphatic heterocycles. The Kier molecular flexibility index (Phi) is 9.50. The summed E-state index contributed by atoms with van der Waals surface area (Å²) in [6, 6.07) is 7.42. The molecule has 1 aliphatic carbocycles. The van der Waals surface area contributed by atoms with Gasteiger partial charge in [0, 0.05) is 25.7 Å². The van der Waals surface area contributed by atoms with Gasteiger partial charge in [-0.2, -0.15) is 0 Å². The third-order valence-corrected chi connectivity index (χ3v) is 6.79. The van der Waals surface area contributed by atoms with E-state index in [-0.39, 0.29) is 30.7 Å². The number of hydrogen-bond donors (Lipinski definition) is 4. The molecule has 1 saturated carbocycles. The van der Waals surface area contributed by atoms with Crippen molar-refractivity contribution in [1.29, 1.82) is 0 Å². The van der Waals surface area contributed by atoms with Crippen LogP contribution in [0.5, 0.6) is 5.75 Å². The summed E-state index contributed by atoms with van der Waals surface area (Å²) in [6.45, 7) is 1.84. The van der Waals surface area contributed by atoms with Gasteiger partial charge in [0.1, 0.15) is 5.75 Å². The Morgan fingerprint density at radius 1 is 1.12 bits per heavy atom. The molecular weight excluding hydrogens is 424 g/mol. The molecule has 3 rings (SSSR count). The predicted octanol–water partition coefficient (Wildman–Crippen LogP) is 1.63. The van der Waals surface area contributed by atoms with Gasteiger partial charge < -0.3 is 20.6 Å². The molecule has 0 radical (unpaired) electrons. The zero-order valence-electron chi connectivity index (χ0n) is 19.1. The standard InChI is InChI=1S/C24H36N4O5/c29-17-28(33)16-20(13-18-3-1-2-4-18)24(32)26-15-23(31)27-11-9-21(10-12-27)25-14-19-5-7-22(30)8-6-19/h5-8,17-18,20-21,25,30,33H,1-4,9-16H2,(H,26,32). The van der Waals surface area contributed by atoms with E-state index in [1.54, 1.807) is 17.0 Å². The number of aromatic hydroxyl groups is 1. The second-order valence-corrected chi connectivity index (χ2v) is 9.23. The largest absolute Gasteiger partial charge is 0.508 e. The number of hydroxylamine groups is 2. The minimum Gasteiger partial charge on any atom is -0.508 e. The normalized spacial score (nSPS) is 18.2. The van der Waals surface area contributed by atoms with Crippen LogP contribution in [0.1, 0.15) is 50.5 Å². The maximum absolute atomic E-state index is 12.7. The molecule has 2 aliphatic rings. The maximum atomic E-state index is 12.7. The van der Waals surface area contributed by atoms with E-state index >= 15 is 0 Å². The van der Waals surface area contributed by atoms with Crippen molar-refractivity contribution < 1.29 is 24.7 Å². The number of rotatable bonds is 11. The Morgan fingerprint density at radius 2 is 1.79 bits per heavy atom. The van der Waals surface area contributed by atoms with Crippen molar-refractivity contribution in [3.05, 3.63) is 29.8 Å². The van der Waals surface area contributed by atoms with Crippen LogP contribution in [0.15, 0.2) is 24.3 Å². The molecule has 9 heteroatoms. The van der Waals surface area contributed by atoms with E-state index in [0.717, 1.165) is 44.1 Å². The number of piperidine rings is 1. The van der Waals surface area contributed by atoms with Crippen LogP contribution in [0, 0.1) is 11.8 Å². The number of nitrogens with zero attached hydrogens (tertiary/aromatic N) is 2. The first-order chi connectivity index (χ1) is 15.9. The summed E-state index contributed by atoms with van der Waals surface area (Å²) in [5.41, 5.74) is 1.09. The minimum atomic E-state index is -0.522. The highest BCUT2D eigenvalue weighted by molar-refractivity contribution is 5.86. The van der Waals surface area contributed by atoms with Crippen LogP contribution in [0.25, 0.3) is 0 Å². The van der Waals surface area contributed by atoms with Crippen LogP contribution in [-0.4, -0.2) is 70.7 Å². The number of benzene rings is 1. The van der Waals surface area contributed by atoms with Gasteiger partial charge in [-0.15, -0.1) is 0 Å². The Labute approximate surface area is 195 Å². The van der Waals surface area contributed by atoms with Gasteiger partial charge in [-0.3, -0.25) is 19.6 Å². The van der Waals surface area contributed by atoms with Crippen molar-refractivity contribution in [2.75, 3.05) is 26.2 Å². The summed E-state index contributed by atoms with van der Waals surface area (Å²) >= 11 is 0. The van der Waals surface area contributed by atoms with E-state index in [2.05, 4.69) is 10.6 Å². The molecule has 3 amide bonds. The summed E-state index contributed by atoms with van der Waals surface area (Å²) in [4.78, 5) is 37.9. The lowest BCUT2D eigenvalue weighted by atomic mass is 9.92. The average molecular weight is 461 g/mol. The second kappa shape index (κ2) is 12.6. The van der Waals surface area contributed by atoms with E-state index in [1.165, 1.54) is 0 Å². The van der Waals surface area contributed by atoms with Crippen LogP contribution < -0.4 is 10.6 Å². The van der Waals surface area contributed by atoms with Crippen molar-refractivity contribution >= 4 is 18.2 Å². The Bertz CT molecular complexity index is 774. The van der Waals surface area contributed by atoms with Crippen molar-refractivity contribution in [3.8, 4) is 5.75 Å². The molecule has 4 N–H and O–H groups in total. The number of phenolic OH excluding ortho intramolecular Hbond substituents is 1. The van der Waals surface area contributed by atoms with Crippen LogP contribution in [0.3, 0.4) is 0 Å². The van der Waals surface area contributed by atoms with E-state index in [4.69, 9.17) is 0 Å². The Balaban J connectivity index is 1.39. The average Bonchev–Trinajstić information content (AvgIpc) is 3.35. The van der Waals surface area contributed by atoms with Crippen molar-refractivity contribution in [2.24, 2.45) is 11.8 Å². The van der Waals surface area contributed by atoms with Gasteiger partial charge in [0.15, 0.2) is 0 Å². The number of amides is 3. The van der Waals surface area contributed by atoms with Gasteiger partial charge in [-0.1, -0.05) is 37.8 Å². The lowest BCUT2D eigenvalue weighted by Crippen LogP contribution is -2.49. The Hall–Kier alpha value is -2.65. The maximum Gasteiger partial charge on any atom is 0.241 e. The molecule has 182 valence electrons. The van der Waals surface area contributed by atoms with E-state index in [0.29, 0.717) is 49.5 Å². The van der Waals surface area contributed by atoms with Crippen LogP contribution >= 0.6 is 0 Å². The van der Waals surface area contributed by atoms with Crippen LogP contribution in [0.2, 0.25) is 0 Å². The number of nitrogens with one attached hydrogen (secondary N) is 2. The summed E-state index contributed by atoms with van der Waals surface area (Å²) in [5, 5.41) is 25.7. The van der Waals surface area contributed by atoms with Gasteiger partial charge in [-0.05, 0) is 42.9 Å². The number of carbonyl (C=O) groups excluding carboxylic acids is 3. The molecular formula is C24H36N4O5. The van der Waals surface area contributed by atoms with Crippen molar-refractivity contribution in [3.63, 3.8) is 0 Å². The zero-order chi connectivity index (χ0) is 23.6. The lowest BCUT2D eigenvalue weighted by molar-refractivity contribution is -0.155. The van der Waals surface area contributed by atoms with E-state index in [9.17, 15) is 24.7 Å². The lowest BCUT2D eigenvalue weighted by Gasteiger charge is -2.33. The number of hydrogen-bond acceptors (Lipinski definition) is 6. The summed E-state index contributed by atoms with van der Waals surface area (Å²) in [7, 11) is 0. The highest BCUT2D eigenvalue weighted by atomic mass is 16.5. The van der Waals surface area contributed by atoms with Crippen LogP contribution in [0.4, 0.5) is 0 Å². The number of phenols is 1. The molecule has 1 atom stereocenters. The SMILES string of the molecule is O=CN(O)CC(CC1CCCC1)C(=O)NCC(=O)N1CCC(NCc2ccc(O)cc2)CC1. The second-order valence-electron chi connectivity index (χ2n) is 9.23. The molecule has 2 fully saturated rings. The molecule has 9 nitrogen and oxygen atoms in total. The zero-order valence-corrected chi connectivity index (χ0v) is 19.1. The fourth-order valence-electron chi connectivity index (χ4n) is 4.81. The first-order valence-electron chi connectivity index (χ1n) is 11.9.